The minimum Gasteiger partial charge on any atom is -0.378 e. The highest BCUT2D eigenvalue weighted by Gasteiger charge is 2.30. The standard InChI is InChI=1S/C26H23F3N4O2/c1-16-14-17(26(27,28)29)2-7-20(16)22-15-31-25(34)23-21(22)8-9-30-24(23)32-18-3-5-19(6-4-18)33-10-12-35-13-11-33/h2-9,14-15H,10-13H2,1H3,(H,30,32)(H,31,34). The number of hydrogen-bond acceptors (Lipinski definition) is 5. The second kappa shape index (κ2) is 9.07. The van der Waals surface area contributed by atoms with Crippen molar-refractivity contribution in [2.45, 2.75) is 13.1 Å². The number of alkyl halides is 3. The maximum atomic E-state index is 13.1. The van der Waals surface area contributed by atoms with Crippen LogP contribution in [0, 0.1) is 6.92 Å². The molecule has 2 aromatic heterocycles. The van der Waals surface area contributed by atoms with E-state index in [1.54, 1.807) is 19.2 Å². The monoisotopic (exact) mass is 480 g/mol. The summed E-state index contributed by atoms with van der Waals surface area (Å²) in [5, 5.41) is 4.15. The third kappa shape index (κ3) is 4.59. The summed E-state index contributed by atoms with van der Waals surface area (Å²) >= 11 is 0. The molecule has 0 radical (unpaired) electrons. The Morgan fingerprint density at radius 2 is 1.77 bits per heavy atom. The Balaban J connectivity index is 1.51. The van der Waals surface area contributed by atoms with Gasteiger partial charge < -0.3 is 19.9 Å². The van der Waals surface area contributed by atoms with Crippen LogP contribution in [0.25, 0.3) is 21.9 Å². The highest BCUT2D eigenvalue weighted by atomic mass is 19.4. The molecule has 0 spiro atoms. The van der Waals surface area contributed by atoms with E-state index in [0.29, 0.717) is 46.5 Å². The number of ether oxygens (including phenoxy) is 1. The molecule has 9 heteroatoms. The predicted octanol–water partition coefficient (Wildman–Crippen LogP) is 5.50. The topological polar surface area (TPSA) is 70.2 Å². The molecule has 2 N–H and O–H groups in total. The van der Waals surface area contributed by atoms with Crippen LogP contribution in [0.4, 0.5) is 30.4 Å². The first-order chi connectivity index (χ1) is 16.8. The lowest BCUT2D eigenvalue weighted by atomic mass is 9.96. The fraction of sp³-hybridized carbons (Fsp3) is 0.231. The molecule has 0 bridgehead atoms. The Bertz CT molecular complexity index is 1430. The molecule has 3 heterocycles. The smallest absolute Gasteiger partial charge is 0.378 e. The van der Waals surface area contributed by atoms with Gasteiger partial charge in [-0.2, -0.15) is 13.2 Å². The van der Waals surface area contributed by atoms with Crippen molar-refractivity contribution in [2.24, 2.45) is 0 Å². The fourth-order valence-electron chi connectivity index (χ4n) is 4.38. The number of hydrogen-bond donors (Lipinski definition) is 2. The number of aryl methyl sites for hydroxylation is 1. The molecule has 0 amide bonds. The lowest BCUT2D eigenvalue weighted by molar-refractivity contribution is -0.137. The maximum Gasteiger partial charge on any atom is 0.416 e. The van der Waals surface area contributed by atoms with Gasteiger partial charge in [-0.25, -0.2) is 4.98 Å². The van der Waals surface area contributed by atoms with Crippen molar-refractivity contribution < 1.29 is 17.9 Å². The number of aromatic nitrogens is 2. The fourth-order valence-corrected chi connectivity index (χ4v) is 4.38. The van der Waals surface area contributed by atoms with Crippen LogP contribution in [0.2, 0.25) is 0 Å². The summed E-state index contributed by atoms with van der Waals surface area (Å²) in [6.45, 7) is 4.68. The minimum atomic E-state index is -4.42. The van der Waals surface area contributed by atoms with E-state index in [2.05, 4.69) is 20.2 Å². The van der Waals surface area contributed by atoms with Gasteiger partial charge in [-0.05, 0) is 60.5 Å². The third-order valence-corrected chi connectivity index (χ3v) is 6.17. The van der Waals surface area contributed by atoms with Crippen molar-refractivity contribution in [1.82, 2.24) is 9.97 Å². The zero-order valence-corrected chi connectivity index (χ0v) is 18.9. The number of morpholine rings is 1. The Hall–Kier alpha value is -3.85. The van der Waals surface area contributed by atoms with E-state index < -0.39 is 11.7 Å². The Morgan fingerprint density at radius 3 is 2.46 bits per heavy atom. The van der Waals surface area contributed by atoms with Gasteiger partial charge in [-0.1, -0.05) is 6.07 Å². The van der Waals surface area contributed by atoms with Crippen LogP contribution in [-0.2, 0) is 10.9 Å². The molecule has 1 aliphatic rings. The van der Waals surface area contributed by atoms with Gasteiger partial charge in [-0.15, -0.1) is 0 Å². The lowest BCUT2D eigenvalue weighted by Gasteiger charge is -2.28. The summed E-state index contributed by atoms with van der Waals surface area (Å²) in [4.78, 5) is 22.1. The number of rotatable bonds is 4. The van der Waals surface area contributed by atoms with Crippen molar-refractivity contribution in [3.63, 3.8) is 0 Å². The quantitative estimate of drug-likeness (QED) is 0.404. The molecule has 0 unspecified atom stereocenters. The molecule has 4 aromatic rings. The molecule has 180 valence electrons. The first-order valence-electron chi connectivity index (χ1n) is 11.2. The maximum absolute atomic E-state index is 13.1. The molecule has 0 aliphatic carbocycles. The number of fused-ring (bicyclic) bond motifs is 1. The highest BCUT2D eigenvalue weighted by molar-refractivity contribution is 6.02. The molecule has 0 atom stereocenters. The summed E-state index contributed by atoms with van der Waals surface area (Å²) in [5.74, 6) is 0.370. The van der Waals surface area contributed by atoms with E-state index in [1.807, 2.05) is 24.3 Å². The minimum absolute atomic E-state index is 0.335. The summed E-state index contributed by atoms with van der Waals surface area (Å²) < 4.78 is 44.8. The summed E-state index contributed by atoms with van der Waals surface area (Å²) in [5.41, 5.74) is 2.48. The average molecular weight is 480 g/mol. The number of benzene rings is 2. The van der Waals surface area contributed by atoms with Gasteiger partial charge >= 0.3 is 6.18 Å². The number of anilines is 3. The number of nitrogens with zero attached hydrogens (tertiary/aromatic N) is 2. The van der Waals surface area contributed by atoms with E-state index in [-0.39, 0.29) is 5.56 Å². The SMILES string of the molecule is Cc1cc(C(F)(F)F)ccc1-c1c[nH]c(=O)c2c(Nc3ccc(N4CCOCC4)cc3)nccc12. The molecule has 1 fully saturated rings. The highest BCUT2D eigenvalue weighted by Crippen LogP contribution is 2.36. The lowest BCUT2D eigenvalue weighted by Crippen LogP contribution is -2.36. The summed E-state index contributed by atoms with van der Waals surface area (Å²) in [6, 6.07) is 13.1. The van der Waals surface area contributed by atoms with Crippen LogP contribution in [0.3, 0.4) is 0 Å². The average Bonchev–Trinajstić information content (AvgIpc) is 2.85. The Morgan fingerprint density at radius 1 is 1.03 bits per heavy atom. The number of nitrogens with one attached hydrogen (secondary N) is 2. The van der Waals surface area contributed by atoms with Crippen LogP contribution in [-0.4, -0.2) is 36.3 Å². The van der Waals surface area contributed by atoms with Gasteiger partial charge in [0.05, 0.1) is 24.2 Å². The van der Waals surface area contributed by atoms with Gasteiger partial charge in [0.25, 0.3) is 5.56 Å². The molecule has 0 saturated carbocycles. The van der Waals surface area contributed by atoms with Crippen molar-refractivity contribution in [3.8, 4) is 11.1 Å². The van der Waals surface area contributed by atoms with Crippen molar-refractivity contribution in [1.29, 1.82) is 0 Å². The number of H-pyrrole nitrogens is 1. The predicted molar refractivity (Wildman–Crippen MR) is 130 cm³/mol. The van der Waals surface area contributed by atoms with Crippen LogP contribution < -0.4 is 15.8 Å². The molecule has 2 aromatic carbocycles. The molecule has 5 rings (SSSR count). The van der Waals surface area contributed by atoms with Crippen molar-refractivity contribution >= 4 is 28.0 Å². The zero-order chi connectivity index (χ0) is 24.6. The molecular formula is C26H23F3N4O2. The van der Waals surface area contributed by atoms with Crippen molar-refractivity contribution in [3.05, 3.63) is 82.4 Å². The second-order valence-electron chi connectivity index (χ2n) is 8.41. The van der Waals surface area contributed by atoms with Crippen LogP contribution >= 0.6 is 0 Å². The van der Waals surface area contributed by atoms with Gasteiger partial charge in [0.1, 0.15) is 5.82 Å². The number of aromatic amines is 1. The van der Waals surface area contributed by atoms with Gasteiger partial charge in [0.2, 0.25) is 0 Å². The largest absolute Gasteiger partial charge is 0.416 e. The van der Waals surface area contributed by atoms with E-state index in [1.165, 1.54) is 12.3 Å². The van der Waals surface area contributed by atoms with E-state index in [0.717, 1.165) is 36.6 Å². The van der Waals surface area contributed by atoms with Crippen LogP contribution in [0.15, 0.2) is 65.7 Å². The Labute approximate surface area is 199 Å². The number of pyridine rings is 2. The zero-order valence-electron chi connectivity index (χ0n) is 18.9. The number of halogens is 3. The molecule has 1 aliphatic heterocycles. The summed E-state index contributed by atoms with van der Waals surface area (Å²) in [7, 11) is 0. The van der Waals surface area contributed by atoms with E-state index in [4.69, 9.17) is 4.74 Å². The first-order valence-corrected chi connectivity index (χ1v) is 11.2. The van der Waals surface area contributed by atoms with Crippen LogP contribution in [0.5, 0.6) is 0 Å². The van der Waals surface area contributed by atoms with Crippen LogP contribution in [0.1, 0.15) is 11.1 Å². The van der Waals surface area contributed by atoms with Gasteiger partial charge in [0, 0.05) is 47.8 Å². The first kappa shape index (κ1) is 22.9. The molecule has 35 heavy (non-hydrogen) atoms. The summed E-state index contributed by atoms with van der Waals surface area (Å²) in [6.07, 6.45) is -1.31. The molecular weight excluding hydrogens is 457 g/mol. The third-order valence-electron chi connectivity index (χ3n) is 6.17. The van der Waals surface area contributed by atoms with Gasteiger partial charge in [0.15, 0.2) is 0 Å². The molecule has 6 nitrogen and oxygen atoms in total. The van der Waals surface area contributed by atoms with E-state index in [9.17, 15) is 18.0 Å². The second-order valence-corrected chi connectivity index (χ2v) is 8.41. The normalized spacial score (nSPS) is 14.3. The van der Waals surface area contributed by atoms with Crippen molar-refractivity contribution in [2.75, 3.05) is 36.5 Å². The Kier molecular flexibility index (Phi) is 5.94. The van der Waals surface area contributed by atoms with E-state index >= 15 is 0 Å². The molecule has 1 saturated heterocycles. The van der Waals surface area contributed by atoms with Gasteiger partial charge in [-0.3, -0.25) is 4.79 Å².